The molecule has 0 atom stereocenters. The molecule has 1 amide bonds. The maximum atomic E-state index is 12.6. The van der Waals surface area contributed by atoms with Gasteiger partial charge in [-0.2, -0.15) is 5.10 Å². The Balaban J connectivity index is 2.02. The fourth-order valence-corrected chi connectivity index (χ4v) is 2.54. The number of nitrogens with zero attached hydrogens (tertiary/aromatic N) is 3. The summed E-state index contributed by atoms with van der Waals surface area (Å²) in [6.45, 7) is 1.71. The van der Waals surface area contributed by atoms with Crippen molar-refractivity contribution in [2.45, 2.75) is 6.92 Å². The van der Waals surface area contributed by atoms with Crippen molar-refractivity contribution in [2.75, 3.05) is 5.32 Å². The number of hydrogen-bond donors (Lipinski definition) is 1. The van der Waals surface area contributed by atoms with E-state index in [2.05, 4.69) is 10.4 Å². The van der Waals surface area contributed by atoms with Crippen LogP contribution in [0, 0.1) is 17.0 Å². The van der Waals surface area contributed by atoms with Crippen molar-refractivity contribution >= 4 is 29.0 Å². The third-order valence-electron chi connectivity index (χ3n) is 3.57. The second-order valence-corrected chi connectivity index (χ2v) is 5.60. The van der Waals surface area contributed by atoms with E-state index in [9.17, 15) is 14.9 Å². The Morgan fingerprint density at radius 1 is 1.16 bits per heavy atom. The molecule has 3 rings (SSSR count). The van der Waals surface area contributed by atoms with Crippen LogP contribution in [0.1, 0.15) is 16.1 Å². The van der Waals surface area contributed by atoms with Crippen molar-refractivity contribution in [2.24, 2.45) is 0 Å². The van der Waals surface area contributed by atoms with E-state index in [4.69, 9.17) is 11.6 Å². The second-order valence-electron chi connectivity index (χ2n) is 5.22. The number of hydrogen-bond acceptors (Lipinski definition) is 4. The topological polar surface area (TPSA) is 90.1 Å². The molecule has 0 saturated heterocycles. The lowest BCUT2D eigenvalue weighted by Crippen LogP contribution is -2.16. The molecule has 0 aliphatic carbocycles. The summed E-state index contributed by atoms with van der Waals surface area (Å²) in [6.07, 6.45) is 0. The average Bonchev–Trinajstić information content (AvgIpc) is 2.90. The van der Waals surface area contributed by atoms with Gasteiger partial charge in [0.25, 0.3) is 11.6 Å². The predicted molar refractivity (Wildman–Crippen MR) is 94.4 cm³/mol. The number of nitro groups is 1. The lowest BCUT2D eigenvalue weighted by molar-refractivity contribution is -0.385. The molecular weight excluding hydrogens is 344 g/mol. The molecule has 25 heavy (non-hydrogen) atoms. The first-order chi connectivity index (χ1) is 12.0. The molecule has 7 nitrogen and oxygen atoms in total. The molecule has 8 heteroatoms. The third kappa shape index (κ3) is 3.22. The summed E-state index contributed by atoms with van der Waals surface area (Å²) in [7, 11) is 0. The number of carbonyl (C=O) groups excluding carboxylic acids is 1. The van der Waals surface area contributed by atoms with Crippen LogP contribution in [0.4, 0.5) is 11.5 Å². The molecule has 0 aliphatic rings. The van der Waals surface area contributed by atoms with E-state index in [-0.39, 0.29) is 22.1 Å². The molecule has 0 bridgehead atoms. The number of halogens is 1. The van der Waals surface area contributed by atoms with E-state index in [1.54, 1.807) is 13.0 Å². The first-order valence-electron chi connectivity index (χ1n) is 7.34. The van der Waals surface area contributed by atoms with E-state index in [1.165, 1.54) is 22.9 Å². The number of anilines is 1. The molecule has 126 valence electrons. The number of nitro benzene ring substituents is 1. The number of para-hydroxylation sites is 2. The molecular formula is C17H13ClN4O3. The van der Waals surface area contributed by atoms with E-state index in [0.29, 0.717) is 11.4 Å². The van der Waals surface area contributed by atoms with Gasteiger partial charge in [0.05, 0.1) is 16.3 Å². The van der Waals surface area contributed by atoms with E-state index >= 15 is 0 Å². The summed E-state index contributed by atoms with van der Waals surface area (Å²) in [6, 6.07) is 14.8. The van der Waals surface area contributed by atoms with Crippen molar-refractivity contribution in [3.05, 3.63) is 81.0 Å². The number of rotatable bonds is 4. The van der Waals surface area contributed by atoms with Crippen molar-refractivity contribution in [1.82, 2.24) is 9.78 Å². The molecule has 0 unspecified atom stereocenters. The first-order valence-corrected chi connectivity index (χ1v) is 7.72. The van der Waals surface area contributed by atoms with Crippen LogP contribution in [0.25, 0.3) is 5.69 Å². The maximum absolute atomic E-state index is 12.6. The van der Waals surface area contributed by atoms with Gasteiger partial charge in [-0.1, -0.05) is 41.9 Å². The van der Waals surface area contributed by atoms with Crippen LogP contribution in [0.5, 0.6) is 0 Å². The van der Waals surface area contributed by atoms with Crippen molar-refractivity contribution in [1.29, 1.82) is 0 Å². The Hall–Kier alpha value is -3.19. The number of aryl methyl sites for hydroxylation is 1. The highest BCUT2D eigenvalue weighted by molar-refractivity contribution is 6.34. The van der Waals surface area contributed by atoms with Crippen molar-refractivity contribution in [3.63, 3.8) is 0 Å². The van der Waals surface area contributed by atoms with Gasteiger partial charge in [0.1, 0.15) is 10.6 Å². The van der Waals surface area contributed by atoms with Crippen LogP contribution in [0.15, 0.2) is 54.6 Å². The van der Waals surface area contributed by atoms with E-state index in [0.717, 1.165) is 0 Å². The summed E-state index contributed by atoms with van der Waals surface area (Å²) in [5.41, 5.74) is 0.902. The smallest absolute Gasteiger partial charge is 0.282 e. The highest BCUT2D eigenvalue weighted by atomic mass is 35.5. The summed E-state index contributed by atoms with van der Waals surface area (Å²) in [4.78, 5) is 23.1. The van der Waals surface area contributed by atoms with Gasteiger partial charge >= 0.3 is 0 Å². The zero-order valence-corrected chi connectivity index (χ0v) is 13.9. The standard InChI is InChI=1S/C17H13ClN4O3/c1-11-15(18)16(21(20-11)12-7-3-2-4-8-12)19-17(23)13-9-5-6-10-14(13)22(24)25/h2-10H,1H3,(H,19,23). The first kappa shape index (κ1) is 16.7. The number of aromatic nitrogens is 2. The number of benzene rings is 2. The molecule has 1 N–H and O–H groups in total. The quantitative estimate of drug-likeness (QED) is 0.565. The Morgan fingerprint density at radius 3 is 2.48 bits per heavy atom. The SMILES string of the molecule is Cc1nn(-c2ccccc2)c(NC(=O)c2ccccc2[N+](=O)[O-])c1Cl. The van der Waals surface area contributed by atoms with Gasteiger partial charge in [0.2, 0.25) is 0 Å². The molecule has 0 fully saturated rings. The van der Waals surface area contributed by atoms with Crippen molar-refractivity contribution < 1.29 is 9.72 Å². The van der Waals surface area contributed by atoms with Gasteiger partial charge < -0.3 is 5.32 Å². The number of amides is 1. The van der Waals surface area contributed by atoms with Gasteiger partial charge in [-0.3, -0.25) is 14.9 Å². The van der Waals surface area contributed by atoms with Gasteiger partial charge in [0.15, 0.2) is 5.82 Å². The van der Waals surface area contributed by atoms with Crippen LogP contribution < -0.4 is 5.32 Å². The molecule has 0 radical (unpaired) electrons. The Kier molecular flexibility index (Phi) is 4.49. The molecule has 2 aromatic carbocycles. The van der Waals surface area contributed by atoms with Gasteiger partial charge in [0, 0.05) is 6.07 Å². The lowest BCUT2D eigenvalue weighted by Gasteiger charge is -2.09. The van der Waals surface area contributed by atoms with Crippen LogP contribution in [-0.2, 0) is 0 Å². The molecule has 1 aromatic heterocycles. The molecule has 0 spiro atoms. The third-order valence-corrected chi connectivity index (χ3v) is 4.02. The fourth-order valence-electron chi connectivity index (χ4n) is 2.37. The van der Waals surface area contributed by atoms with Crippen LogP contribution in [0.2, 0.25) is 5.02 Å². The van der Waals surface area contributed by atoms with Crippen molar-refractivity contribution in [3.8, 4) is 5.69 Å². The van der Waals surface area contributed by atoms with Crippen LogP contribution in [0.3, 0.4) is 0 Å². The summed E-state index contributed by atoms with van der Waals surface area (Å²) >= 11 is 6.27. The minimum absolute atomic E-state index is 0.0537. The highest BCUT2D eigenvalue weighted by Crippen LogP contribution is 2.29. The van der Waals surface area contributed by atoms with E-state index < -0.39 is 10.8 Å². The summed E-state index contributed by atoms with van der Waals surface area (Å²) < 4.78 is 1.49. The van der Waals surface area contributed by atoms with Gasteiger partial charge in [-0.25, -0.2) is 4.68 Å². The molecule has 3 aromatic rings. The Bertz CT molecular complexity index is 954. The Labute approximate surface area is 148 Å². The van der Waals surface area contributed by atoms with Gasteiger partial charge in [-0.05, 0) is 25.1 Å². The minimum atomic E-state index is -0.633. The Morgan fingerprint density at radius 2 is 1.80 bits per heavy atom. The minimum Gasteiger partial charge on any atom is -0.305 e. The fraction of sp³-hybridized carbons (Fsp3) is 0.0588. The summed E-state index contributed by atoms with van der Waals surface area (Å²) in [5.74, 6) is -0.375. The zero-order chi connectivity index (χ0) is 18.0. The lowest BCUT2D eigenvalue weighted by atomic mass is 10.1. The van der Waals surface area contributed by atoms with Crippen LogP contribution >= 0.6 is 11.6 Å². The number of nitrogens with one attached hydrogen (secondary N) is 1. The van der Waals surface area contributed by atoms with Crippen LogP contribution in [-0.4, -0.2) is 20.6 Å². The molecule has 0 aliphatic heterocycles. The molecule has 1 heterocycles. The zero-order valence-electron chi connectivity index (χ0n) is 13.1. The van der Waals surface area contributed by atoms with E-state index in [1.807, 2.05) is 30.3 Å². The summed E-state index contributed by atoms with van der Waals surface area (Å²) in [5, 5.41) is 18.3. The second kappa shape index (κ2) is 6.74. The normalized spacial score (nSPS) is 10.5. The maximum Gasteiger partial charge on any atom is 0.282 e. The highest BCUT2D eigenvalue weighted by Gasteiger charge is 2.23. The number of carbonyl (C=O) groups is 1. The molecule has 0 saturated carbocycles. The van der Waals surface area contributed by atoms with Gasteiger partial charge in [-0.15, -0.1) is 0 Å². The average molecular weight is 357 g/mol. The monoisotopic (exact) mass is 356 g/mol. The predicted octanol–water partition coefficient (Wildman–Crippen LogP) is 3.99. The largest absolute Gasteiger partial charge is 0.305 e.